The molecule has 3 N–H and O–H groups in total. The number of amidine groups is 1. The Bertz CT molecular complexity index is 685. The van der Waals surface area contributed by atoms with Crippen LogP contribution < -0.4 is 10.6 Å². The van der Waals surface area contributed by atoms with Crippen LogP contribution in [0.4, 0.5) is 10.5 Å². The zero-order chi connectivity index (χ0) is 20.8. The molecule has 0 atom stereocenters. The number of carbonyl (C=O) groups excluding carboxylic acids is 2. The number of nitrogens with two attached hydrogens (primary N) is 1. The summed E-state index contributed by atoms with van der Waals surface area (Å²) < 4.78 is 10.7. The molecule has 0 unspecified atom stereocenters. The molecule has 0 fully saturated rings. The summed E-state index contributed by atoms with van der Waals surface area (Å²) in [5.41, 5.74) is 5.28. The van der Waals surface area contributed by atoms with Gasteiger partial charge in [-0.15, -0.1) is 0 Å². The summed E-state index contributed by atoms with van der Waals surface area (Å²) in [6.45, 7) is 10.7. The molecule has 8 nitrogen and oxygen atoms in total. The second-order valence-corrected chi connectivity index (χ2v) is 8.00. The Kier molecular flexibility index (Phi) is 7.21. The maximum Gasteiger partial charge on any atom is 0.414 e. The van der Waals surface area contributed by atoms with Crippen LogP contribution in [-0.4, -0.2) is 40.9 Å². The minimum atomic E-state index is -0.685. The van der Waals surface area contributed by atoms with E-state index in [2.05, 4.69) is 5.16 Å². The van der Waals surface area contributed by atoms with E-state index in [0.717, 1.165) is 0 Å². The van der Waals surface area contributed by atoms with Gasteiger partial charge in [-0.25, -0.2) is 4.79 Å². The number of carbonyl (C=O) groups is 2. The predicted octanol–water partition coefficient (Wildman–Crippen LogP) is 3.25. The quantitative estimate of drug-likeness (QED) is 0.267. The summed E-state index contributed by atoms with van der Waals surface area (Å²) in [5.74, 6) is -0.455. The summed E-state index contributed by atoms with van der Waals surface area (Å²) in [7, 11) is 0. The van der Waals surface area contributed by atoms with Crippen LogP contribution in [0.2, 0.25) is 0 Å². The molecule has 27 heavy (non-hydrogen) atoms. The van der Waals surface area contributed by atoms with Gasteiger partial charge in [-0.05, 0) is 65.8 Å². The lowest BCUT2D eigenvalue weighted by Gasteiger charge is -2.28. The van der Waals surface area contributed by atoms with Crippen molar-refractivity contribution in [1.29, 1.82) is 0 Å². The number of esters is 1. The fourth-order valence-electron chi connectivity index (χ4n) is 2.11. The van der Waals surface area contributed by atoms with Crippen molar-refractivity contribution in [3.05, 3.63) is 29.8 Å². The monoisotopic (exact) mass is 379 g/mol. The van der Waals surface area contributed by atoms with E-state index in [1.165, 1.54) is 4.90 Å². The molecule has 1 aromatic rings. The number of rotatable bonds is 5. The lowest BCUT2D eigenvalue weighted by atomic mass is 10.1. The van der Waals surface area contributed by atoms with Gasteiger partial charge in [-0.3, -0.25) is 9.69 Å². The smallest absolute Gasteiger partial charge is 0.414 e. The van der Waals surface area contributed by atoms with Crippen molar-refractivity contribution in [2.45, 2.75) is 59.2 Å². The standard InChI is InChI=1S/C19H29N3O5/c1-18(2,3)26-15(23)11-12-22(17(24)27-19(4,5)6)14-9-7-13(8-10-14)16(20)21-25/h7-10,25H,11-12H2,1-6H3,(H2,20,21). The van der Waals surface area contributed by atoms with E-state index in [1.807, 2.05) is 0 Å². The molecule has 1 rings (SSSR count). The largest absolute Gasteiger partial charge is 0.460 e. The summed E-state index contributed by atoms with van der Waals surface area (Å²) in [4.78, 5) is 26.0. The predicted molar refractivity (Wildman–Crippen MR) is 103 cm³/mol. The van der Waals surface area contributed by atoms with E-state index >= 15 is 0 Å². The van der Waals surface area contributed by atoms with Crippen LogP contribution in [0.25, 0.3) is 0 Å². The molecule has 0 aliphatic carbocycles. The van der Waals surface area contributed by atoms with Crippen molar-refractivity contribution < 1.29 is 24.3 Å². The Balaban J connectivity index is 3.00. The van der Waals surface area contributed by atoms with Gasteiger partial charge in [0, 0.05) is 17.8 Å². The molecule has 0 radical (unpaired) electrons. The van der Waals surface area contributed by atoms with Crippen molar-refractivity contribution in [2.75, 3.05) is 11.4 Å². The van der Waals surface area contributed by atoms with Crippen molar-refractivity contribution in [1.82, 2.24) is 0 Å². The molecule has 0 bridgehead atoms. The number of nitrogens with zero attached hydrogens (tertiary/aromatic N) is 2. The van der Waals surface area contributed by atoms with Crippen molar-refractivity contribution >= 4 is 23.6 Å². The second-order valence-electron chi connectivity index (χ2n) is 8.00. The molecule has 0 heterocycles. The highest BCUT2D eigenvalue weighted by Gasteiger charge is 2.25. The Hall–Kier alpha value is -2.77. The number of ether oxygens (including phenoxy) is 2. The highest BCUT2D eigenvalue weighted by Crippen LogP contribution is 2.20. The minimum Gasteiger partial charge on any atom is -0.460 e. The lowest BCUT2D eigenvalue weighted by Crippen LogP contribution is -2.38. The Morgan fingerprint density at radius 1 is 1.04 bits per heavy atom. The van der Waals surface area contributed by atoms with Gasteiger partial charge in [0.15, 0.2) is 5.84 Å². The summed E-state index contributed by atoms with van der Waals surface area (Å²) in [5, 5.41) is 11.7. The fraction of sp³-hybridized carbons (Fsp3) is 0.526. The third-order valence-corrected chi connectivity index (χ3v) is 3.16. The second kappa shape index (κ2) is 8.75. The first-order valence-corrected chi connectivity index (χ1v) is 8.63. The molecule has 0 spiro atoms. The third kappa shape index (κ3) is 7.98. The molecule has 1 amide bonds. The molecule has 150 valence electrons. The zero-order valence-electron chi connectivity index (χ0n) is 16.8. The van der Waals surface area contributed by atoms with Gasteiger partial charge in [0.05, 0.1) is 6.42 Å². The number of anilines is 1. The van der Waals surface area contributed by atoms with E-state index in [4.69, 9.17) is 20.4 Å². The molecule has 0 aliphatic heterocycles. The number of oxime groups is 1. The molecule has 8 heteroatoms. The summed E-state index contributed by atoms with van der Waals surface area (Å²) >= 11 is 0. The van der Waals surface area contributed by atoms with Crippen molar-refractivity contribution in [2.24, 2.45) is 10.9 Å². The van der Waals surface area contributed by atoms with Gasteiger partial charge < -0.3 is 20.4 Å². The Morgan fingerprint density at radius 3 is 2.00 bits per heavy atom. The SMILES string of the molecule is CC(C)(C)OC(=O)CCN(C(=O)OC(C)(C)C)c1ccc(/C(N)=N/O)cc1. The minimum absolute atomic E-state index is 0.0124. The van der Waals surface area contributed by atoms with Crippen LogP contribution in [0.15, 0.2) is 29.4 Å². The number of benzene rings is 1. The van der Waals surface area contributed by atoms with Gasteiger partial charge in [0.25, 0.3) is 0 Å². The first-order valence-electron chi connectivity index (χ1n) is 8.63. The summed E-state index contributed by atoms with van der Waals surface area (Å²) in [6, 6.07) is 6.48. The first kappa shape index (κ1) is 22.3. The molecule has 0 saturated carbocycles. The van der Waals surface area contributed by atoms with Gasteiger partial charge in [-0.1, -0.05) is 5.16 Å². The number of amides is 1. The van der Waals surface area contributed by atoms with E-state index in [0.29, 0.717) is 11.3 Å². The van der Waals surface area contributed by atoms with Crippen LogP contribution in [0.3, 0.4) is 0 Å². The van der Waals surface area contributed by atoms with E-state index in [1.54, 1.807) is 65.8 Å². The molecular weight excluding hydrogens is 350 g/mol. The lowest BCUT2D eigenvalue weighted by molar-refractivity contribution is -0.154. The van der Waals surface area contributed by atoms with Gasteiger partial charge in [-0.2, -0.15) is 0 Å². The van der Waals surface area contributed by atoms with Crippen LogP contribution in [0, 0.1) is 0 Å². The van der Waals surface area contributed by atoms with Gasteiger partial charge in [0.2, 0.25) is 0 Å². The number of hydrogen-bond donors (Lipinski definition) is 2. The molecule has 0 saturated heterocycles. The van der Waals surface area contributed by atoms with Gasteiger partial charge in [0.1, 0.15) is 11.2 Å². The maximum atomic E-state index is 12.6. The van der Waals surface area contributed by atoms with Crippen molar-refractivity contribution in [3.63, 3.8) is 0 Å². The normalized spacial score (nSPS) is 12.4. The highest BCUT2D eigenvalue weighted by atomic mass is 16.6. The molecular formula is C19H29N3O5. The van der Waals surface area contributed by atoms with E-state index < -0.39 is 23.3 Å². The van der Waals surface area contributed by atoms with Crippen LogP contribution in [0.5, 0.6) is 0 Å². The van der Waals surface area contributed by atoms with Crippen molar-refractivity contribution in [3.8, 4) is 0 Å². The Labute approximate surface area is 159 Å². The average molecular weight is 379 g/mol. The topological polar surface area (TPSA) is 114 Å². The van der Waals surface area contributed by atoms with Crippen LogP contribution in [0.1, 0.15) is 53.5 Å². The summed E-state index contributed by atoms with van der Waals surface area (Å²) in [6.07, 6.45) is -0.569. The highest BCUT2D eigenvalue weighted by molar-refractivity contribution is 5.98. The van der Waals surface area contributed by atoms with Gasteiger partial charge >= 0.3 is 12.1 Å². The zero-order valence-corrected chi connectivity index (χ0v) is 16.8. The van der Waals surface area contributed by atoms with Crippen LogP contribution >= 0.6 is 0 Å². The first-order chi connectivity index (χ1) is 12.3. The fourth-order valence-corrected chi connectivity index (χ4v) is 2.11. The van der Waals surface area contributed by atoms with E-state index in [9.17, 15) is 9.59 Å². The maximum absolute atomic E-state index is 12.6. The van der Waals surface area contributed by atoms with E-state index in [-0.39, 0.29) is 18.8 Å². The molecule has 0 aliphatic rings. The number of hydrogen-bond acceptors (Lipinski definition) is 6. The Morgan fingerprint density at radius 2 is 1.56 bits per heavy atom. The average Bonchev–Trinajstić information content (AvgIpc) is 2.51. The molecule has 0 aromatic heterocycles. The third-order valence-electron chi connectivity index (χ3n) is 3.16. The van der Waals surface area contributed by atoms with Crippen LogP contribution in [-0.2, 0) is 14.3 Å². The molecule has 1 aromatic carbocycles.